The Kier molecular flexibility index (Phi) is 13.3. The molecule has 0 bridgehead atoms. The van der Waals surface area contributed by atoms with Crippen LogP contribution in [0.2, 0.25) is 0 Å². The largest absolute Gasteiger partial charge is 0.477 e. The molecule has 2 aliphatic rings. The van der Waals surface area contributed by atoms with E-state index in [4.69, 9.17) is 24.7 Å². The Morgan fingerprint density at radius 2 is 0.933 bits per heavy atom. The monoisotopic (exact) mass is 971 g/mol. The van der Waals surface area contributed by atoms with Gasteiger partial charge in [0.15, 0.2) is 11.6 Å². The maximum Gasteiger partial charge on any atom is 0.221 e. The third-order valence-corrected chi connectivity index (χ3v) is 10.0. The number of hydrogen-bond acceptors (Lipinski definition) is 9. The Balaban J connectivity index is 0.000000192. The van der Waals surface area contributed by atoms with Crippen molar-refractivity contribution in [2.45, 2.75) is 55.8 Å². The van der Waals surface area contributed by atoms with Crippen LogP contribution in [0.3, 0.4) is 0 Å². The number of nitrogens with zero attached hydrogens (tertiary/aromatic N) is 8. The van der Waals surface area contributed by atoms with Gasteiger partial charge in [0, 0.05) is 43.8 Å². The topological polar surface area (TPSA) is 73.8 Å². The molecule has 0 saturated heterocycles. The molecule has 0 N–H and O–H groups in total. The fourth-order valence-corrected chi connectivity index (χ4v) is 7.36. The van der Waals surface area contributed by atoms with Crippen LogP contribution in [-0.4, -0.2) is 32.9 Å². The van der Waals surface area contributed by atoms with Crippen molar-refractivity contribution in [2.75, 3.05) is 26.2 Å². The predicted octanol–water partition coefficient (Wildman–Crippen LogP) is 12.6. The summed E-state index contributed by atoms with van der Waals surface area (Å²) in [5.74, 6) is 3.25. The molecule has 10 rings (SSSR count). The molecule has 307 valence electrons. The molecule has 6 aromatic carbocycles. The summed E-state index contributed by atoms with van der Waals surface area (Å²) in [7, 11) is 0. The van der Waals surface area contributed by atoms with Crippen molar-refractivity contribution in [3.8, 4) is 0 Å². The van der Waals surface area contributed by atoms with Crippen LogP contribution in [0, 0.1) is 40.4 Å². The zero-order valence-electron chi connectivity index (χ0n) is 33.0. The molecule has 1 radical (unpaired) electrons. The summed E-state index contributed by atoms with van der Waals surface area (Å²) >= 11 is 0. The minimum absolute atomic E-state index is 0. The molecule has 4 heterocycles. The van der Waals surface area contributed by atoms with Gasteiger partial charge in [-0.1, -0.05) is 82.4 Å². The van der Waals surface area contributed by atoms with E-state index in [0.717, 1.165) is 68.1 Å². The number of fused-ring (bicyclic) bond motifs is 4. The molecule has 0 spiro atoms. The molecule has 0 unspecified atom stereocenters. The fourth-order valence-electron chi connectivity index (χ4n) is 7.36. The van der Waals surface area contributed by atoms with Crippen molar-refractivity contribution >= 4 is 68.1 Å². The number of aromatic nitrogens is 4. The molecular formula is C50H50IrN8O-2. The predicted molar refractivity (Wildman–Crippen MR) is 244 cm³/mol. The molecular weight excluding hydrogens is 921 g/mol. The maximum atomic E-state index is 6.30. The summed E-state index contributed by atoms with van der Waals surface area (Å²) in [5, 5.41) is 0. The summed E-state index contributed by atoms with van der Waals surface area (Å²) in [6.45, 7) is 13.0. The Bertz CT molecular complexity index is 2580. The Morgan fingerprint density at radius 1 is 0.517 bits per heavy atom. The van der Waals surface area contributed by atoms with Gasteiger partial charge >= 0.3 is 0 Å². The molecule has 0 saturated carbocycles. The normalized spacial score (nSPS) is 12.9. The second-order valence-electron chi connectivity index (χ2n) is 14.4. The van der Waals surface area contributed by atoms with Crippen molar-refractivity contribution in [3.63, 3.8) is 0 Å². The molecule has 60 heavy (non-hydrogen) atoms. The standard InChI is InChI=1S/C25H24N4O.C23H18N4.2CH4.Ir/c1-4-30-25-28(19-11-7-9-17(2)15-19)23-24(27-22-14-6-5-13-21(22)26-23)29(25)20-12-8-10-18(3)16-20;1-16-7-5-9-18(13-16)26-15-27(19-10-6-8-17(2)14-19)23-22(26)24-20-11-3-4-12-21(20)25-23;;;/h5-16,25H,4H2,1-3H3;3-9,11-15H,1-2H3;2*1H4;/q;-2;;;. The molecule has 9 nitrogen and oxygen atoms in total. The van der Waals surface area contributed by atoms with Gasteiger partial charge in [0.05, 0.1) is 22.1 Å². The fraction of sp³-hybridized carbons (Fsp3) is 0.180. The minimum atomic E-state index is -0.370. The van der Waals surface area contributed by atoms with Gasteiger partial charge in [0.25, 0.3) is 0 Å². The van der Waals surface area contributed by atoms with E-state index in [-0.39, 0.29) is 41.3 Å². The summed E-state index contributed by atoms with van der Waals surface area (Å²) in [4.78, 5) is 28.3. The van der Waals surface area contributed by atoms with Crippen LogP contribution in [0.15, 0.2) is 140 Å². The summed E-state index contributed by atoms with van der Waals surface area (Å²) < 4.78 is 6.30. The van der Waals surface area contributed by atoms with E-state index in [1.807, 2.05) is 74.3 Å². The summed E-state index contributed by atoms with van der Waals surface area (Å²) in [6.07, 6.45) is -0.370. The second kappa shape index (κ2) is 18.4. The molecule has 0 atom stereocenters. The van der Waals surface area contributed by atoms with Crippen molar-refractivity contribution in [2.24, 2.45) is 0 Å². The first-order valence-electron chi connectivity index (χ1n) is 19.2. The van der Waals surface area contributed by atoms with Gasteiger partial charge in [-0.25, -0.2) is 19.9 Å². The third-order valence-electron chi connectivity index (χ3n) is 10.0. The van der Waals surface area contributed by atoms with E-state index in [1.54, 1.807) is 0 Å². The molecule has 0 fully saturated rings. The van der Waals surface area contributed by atoms with Gasteiger partial charge in [-0.2, -0.15) is 23.8 Å². The minimum Gasteiger partial charge on any atom is -0.477 e. The van der Waals surface area contributed by atoms with Crippen molar-refractivity contribution in [3.05, 3.63) is 175 Å². The number of para-hydroxylation sites is 4. The quantitative estimate of drug-likeness (QED) is 0.152. The van der Waals surface area contributed by atoms with Crippen LogP contribution < -0.4 is 19.6 Å². The number of anilines is 8. The smallest absolute Gasteiger partial charge is 0.221 e. The SMILES string of the molecule is C.C.CCOC1N(c2cccc(C)c2)c2nc3ccccc3nc2N1c1cccc(C)c1.Cc1cc[c-]c(N2[CH-]N(c3cccc(C)c3)c3nc4ccccc4nc32)c1.[Ir]. The number of hydrogen-bond donors (Lipinski definition) is 0. The van der Waals surface area contributed by atoms with Gasteiger partial charge in [-0.3, -0.25) is 9.80 Å². The van der Waals surface area contributed by atoms with E-state index in [0.29, 0.717) is 6.61 Å². The first kappa shape index (κ1) is 43.4. The van der Waals surface area contributed by atoms with Crippen molar-refractivity contribution in [1.29, 1.82) is 0 Å². The second-order valence-corrected chi connectivity index (χ2v) is 14.4. The van der Waals surface area contributed by atoms with E-state index < -0.39 is 0 Å². The van der Waals surface area contributed by atoms with E-state index >= 15 is 0 Å². The molecule has 10 heteroatoms. The first-order valence-corrected chi connectivity index (χ1v) is 19.2. The number of rotatable bonds is 6. The van der Waals surface area contributed by atoms with Crippen molar-refractivity contribution < 1.29 is 24.8 Å². The zero-order valence-corrected chi connectivity index (χ0v) is 35.4. The number of benzene rings is 6. The Labute approximate surface area is 367 Å². The van der Waals surface area contributed by atoms with E-state index in [9.17, 15) is 0 Å². The summed E-state index contributed by atoms with van der Waals surface area (Å²) in [6, 6.07) is 50.6. The summed E-state index contributed by atoms with van der Waals surface area (Å²) in [5.41, 5.74) is 12.4. The van der Waals surface area contributed by atoms with Gasteiger partial charge in [0.1, 0.15) is 11.6 Å². The third kappa shape index (κ3) is 8.32. The zero-order chi connectivity index (χ0) is 39.0. The molecule has 8 aromatic rings. The van der Waals surface area contributed by atoms with Gasteiger partial charge in [0.2, 0.25) is 6.35 Å². The number of ether oxygens (including phenoxy) is 1. The van der Waals surface area contributed by atoms with Crippen molar-refractivity contribution in [1.82, 2.24) is 19.9 Å². The Morgan fingerprint density at radius 3 is 1.38 bits per heavy atom. The average Bonchev–Trinajstić information content (AvgIpc) is 3.74. The van der Waals surface area contributed by atoms with E-state index in [2.05, 4.69) is 132 Å². The van der Waals surface area contributed by atoms with Crippen LogP contribution in [0.1, 0.15) is 44.0 Å². The van der Waals surface area contributed by atoms with Crippen LogP contribution in [0.5, 0.6) is 0 Å². The molecule has 0 aliphatic carbocycles. The van der Waals surface area contributed by atoms with Crippen LogP contribution in [0.4, 0.5) is 46.0 Å². The number of aryl methyl sites for hydroxylation is 4. The van der Waals surface area contributed by atoms with Gasteiger partial charge in [-0.15, -0.1) is 18.4 Å². The van der Waals surface area contributed by atoms with Crippen LogP contribution in [0.25, 0.3) is 22.1 Å². The van der Waals surface area contributed by atoms with Crippen LogP contribution in [-0.2, 0) is 24.8 Å². The van der Waals surface area contributed by atoms with E-state index in [1.165, 1.54) is 22.3 Å². The molecule has 2 aromatic heterocycles. The van der Waals surface area contributed by atoms with Gasteiger partial charge < -0.3 is 14.5 Å². The molecule has 0 amide bonds. The van der Waals surface area contributed by atoms with Gasteiger partial charge in [-0.05, 0) is 105 Å². The molecule has 2 aliphatic heterocycles. The average molecular weight is 971 g/mol. The Hall–Kier alpha value is -6.19. The maximum absolute atomic E-state index is 6.30. The van der Waals surface area contributed by atoms with Crippen LogP contribution >= 0.6 is 0 Å². The first-order chi connectivity index (χ1) is 27.8.